The minimum absolute atomic E-state index is 0.162. The molecule has 0 aliphatic heterocycles. The Kier molecular flexibility index (Phi) is 5.74. The van der Waals surface area contributed by atoms with E-state index < -0.39 is 0 Å². The second kappa shape index (κ2) is 7.08. The normalized spacial score (nSPS) is 12.7. The molecular formula is C13H23N3O2+2. The van der Waals surface area contributed by atoms with Crippen LogP contribution < -0.4 is 9.80 Å². The minimum Gasteiger partial charge on any atom is -0.335 e. The van der Waals surface area contributed by atoms with E-state index in [0.29, 0.717) is 0 Å². The number of hydrogen-bond donors (Lipinski definition) is 2. The molecule has 0 amide bonds. The summed E-state index contributed by atoms with van der Waals surface area (Å²) in [4.78, 5) is 13.2. The Morgan fingerprint density at radius 3 is 2.22 bits per heavy atom. The number of hydrogen-bond acceptors (Lipinski definition) is 2. The molecule has 0 heterocycles. The molecule has 100 valence electrons. The Morgan fingerprint density at radius 2 is 1.78 bits per heavy atom. The van der Waals surface area contributed by atoms with Crippen molar-refractivity contribution in [1.82, 2.24) is 0 Å². The molecule has 1 aromatic rings. The molecule has 0 saturated heterocycles. The molecule has 1 unspecified atom stereocenters. The Labute approximate surface area is 108 Å². The van der Waals surface area contributed by atoms with Gasteiger partial charge >= 0.3 is 0 Å². The van der Waals surface area contributed by atoms with Gasteiger partial charge < -0.3 is 9.80 Å². The number of nitro benzene ring substituents is 1. The Hall–Kier alpha value is -1.46. The van der Waals surface area contributed by atoms with Crippen molar-refractivity contribution in [3.05, 3.63) is 39.9 Å². The molecule has 0 radical (unpaired) electrons. The predicted octanol–water partition coefficient (Wildman–Crippen LogP) is -0.856. The van der Waals surface area contributed by atoms with Crippen LogP contribution in [0.5, 0.6) is 0 Å². The van der Waals surface area contributed by atoms with E-state index in [1.807, 2.05) is 12.1 Å². The molecular weight excluding hydrogens is 230 g/mol. The molecule has 5 heteroatoms. The molecule has 1 atom stereocenters. The van der Waals surface area contributed by atoms with Crippen LogP contribution in [0, 0.1) is 10.1 Å². The van der Waals surface area contributed by atoms with Gasteiger partial charge in [0.25, 0.3) is 5.69 Å². The van der Waals surface area contributed by atoms with Crippen LogP contribution in [0.25, 0.3) is 0 Å². The van der Waals surface area contributed by atoms with Crippen LogP contribution in [0.15, 0.2) is 24.3 Å². The second-order valence-corrected chi connectivity index (χ2v) is 4.91. The molecule has 0 spiro atoms. The van der Waals surface area contributed by atoms with E-state index in [2.05, 4.69) is 21.0 Å². The summed E-state index contributed by atoms with van der Waals surface area (Å²) >= 11 is 0. The standard InChI is InChI=1S/C13H21N3O2/c1-4-15(10-9-14(2)3)11-12-5-7-13(8-6-12)16(17)18/h5-8H,4,9-11H2,1-3H3/p+2. The van der Waals surface area contributed by atoms with Crippen molar-refractivity contribution in [2.45, 2.75) is 13.5 Å². The van der Waals surface area contributed by atoms with Gasteiger partial charge in [0.05, 0.1) is 25.6 Å². The molecule has 0 aliphatic carbocycles. The summed E-state index contributed by atoms with van der Waals surface area (Å²) in [5.74, 6) is 0. The summed E-state index contributed by atoms with van der Waals surface area (Å²) in [6.45, 7) is 6.43. The van der Waals surface area contributed by atoms with E-state index in [1.54, 1.807) is 12.1 Å². The second-order valence-electron chi connectivity index (χ2n) is 4.91. The number of benzene rings is 1. The highest BCUT2D eigenvalue weighted by atomic mass is 16.6. The van der Waals surface area contributed by atoms with Crippen LogP contribution in [-0.2, 0) is 6.54 Å². The maximum absolute atomic E-state index is 10.6. The fraction of sp³-hybridized carbons (Fsp3) is 0.538. The fourth-order valence-electron chi connectivity index (χ4n) is 1.84. The van der Waals surface area contributed by atoms with Crippen LogP contribution >= 0.6 is 0 Å². The van der Waals surface area contributed by atoms with Gasteiger partial charge in [-0.25, -0.2) is 0 Å². The highest BCUT2D eigenvalue weighted by Gasteiger charge is 2.10. The summed E-state index contributed by atoms with van der Waals surface area (Å²) in [5, 5.41) is 10.6. The summed E-state index contributed by atoms with van der Waals surface area (Å²) < 4.78 is 0. The van der Waals surface area contributed by atoms with Crippen LogP contribution in [0.4, 0.5) is 5.69 Å². The van der Waals surface area contributed by atoms with Crippen molar-refractivity contribution >= 4 is 5.69 Å². The van der Waals surface area contributed by atoms with Gasteiger partial charge in [-0.1, -0.05) is 0 Å². The average Bonchev–Trinajstić information content (AvgIpc) is 2.34. The maximum atomic E-state index is 10.6. The molecule has 0 fully saturated rings. The largest absolute Gasteiger partial charge is 0.335 e. The average molecular weight is 253 g/mol. The van der Waals surface area contributed by atoms with E-state index in [9.17, 15) is 10.1 Å². The summed E-state index contributed by atoms with van der Waals surface area (Å²) in [6, 6.07) is 6.88. The first-order chi connectivity index (χ1) is 8.52. The number of nitro groups is 1. The Balaban J connectivity index is 2.56. The van der Waals surface area contributed by atoms with Gasteiger partial charge in [0, 0.05) is 17.7 Å². The molecule has 0 saturated carbocycles. The SMILES string of the molecule is CC[NH+](CC[NH+](C)C)Cc1ccc([N+](=O)[O-])cc1. The van der Waals surface area contributed by atoms with Crippen molar-refractivity contribution in [1.29, 1.82) is 0 Å². The Morgan fingerprint density at radius 1 is 1.17 bits per heavy atom. The first-order valence-corrected chi connectivity index (χ1v) is 6.38. The lowest BCUT2D eigenvalue weighted by Crippen LogP contribution is -3.17. The highest BCUT2D eigenvalue weighted by molar-refractivity contribution is 5.32. The topological polar surface area (TPSA) is 52.0 Å². The van der Waals surface area contributed by atoms with Gasteiger partial charge in [-0.05, 0) is 19.1 Å². The summed E-state index contributed by atoms with van der Waals surface area (Å²) in [6.07, 6.45) is 0. The lowest BCUT2D eigenvalue weighted by molar-refractivity contribution is -0.949. The van der Waals surface area contributed by atoms with Crippen LogP contribution in [0.1, 0.15) is 12.5 Å². The smallest absolute Gasteiger partial charge is 0.269 e. The molecule has 5 nitrogen and oxygen atoms in total. The number of nitrogens with zero attached hydrogens (tertiary/aromatic N) is 1. The number of quaternary nitrogens is 2. The van der Waals surface area contributed by atoms with E-state index in [0.717, 1.165) is 31.7 Å². The van der Waals surface area contributed by atoms with Crippen molar-refractivity contribution in [2.75, 3.05) is 33.7 Å². The number of nitrogens with one attached hydrogen (secondary N) is 2. The lowest BCUT2D eigenvalue weighted by atomic mass is 10.2. The van der Waals surface area contributed by atoms with Crippen LogP contribution in [-0.4, -0.2) is 38.7 Å². The third kappa shape index (κ3) is 4.81. The first kappa shape index (κ1) is 14.6. The molecule has 2 N–H and O–H groups in total. The molecule has 0 aromatic heterocycles. The van der Waals surface area contributed by atoms with E-state index >= 15 is 0 Å². The third-order valence-corrected chi connectivity index (χ3v) is 3.08. The van der Waals surface area contributed by atoms with Gasteiger partial charge in [0.15, 0.2) is 0 Å². The highest BCUT2D eigenvalue weighted by Crippen LogP contribution is 2.10. The monoisotopic (exact) mass is 253 g/mol. The van der Waals surface area contributed by atoms with Crippen molar-refractivity contribution in [3.8, 4) is 0 Å². The summed E-state index contributed by atoms with van der Waals surface area (Å²) in [5.41, 5.74) is 1.32. The molecule has 18 heavy (non-hydrogen) atoms. The molecule has 1 rings (SSSR count). The van der Waals surface area contributed by atoms with Crippen LogP contribution in [0.3, 0.4) is 0 Å². The molecule has 0 aliphatic rings. The minimum atomic E-state index is -0.358. The summed E-state index contributed by atoms with van der Waals surface area (Å²) in [7, 11) is 4.30. The van der Waals surface area contributed by atoms with Gasteiger partial charge in [0.1, 0.15) is 19.6 Å². The zero-order valence-electron chi connectivity index (χ0n) is 11.4. The zero-order valence-corrected chi connectivity index (χ0v) is 11.4. The molecule has 1 aromatic carbocycles. The van der Waals surface area contributed by atoms with Crippen molar-refractivity contribution < 1.29 is 14.7 Å². The van der Waals surface area contributed by atoms with E-state index in [1.165, 1.54) is 9.80 Å². The first-order valence-electron chi connectivity index (χ1n) is 6.38. The van der Waals surface area contributed by atoms with Gasteiger partial charge in [-0.15, -0.1) is 0 Å². The van der Waals surface area contributed by atoms with Gasteiger partial charge in [-0.3, -0.25) is 10.1 Å². The van der Waals surface area contributed by atoms with E-state index in [-0.39, 0.29) is 10.6 Å². The fourth-order valence-corrected chi connectivity index (χ4v) is 1.84. The third-order valence-electron chi connectivity index (χ3n) is 3.08. The maximum Gasteiger partial charge on any atom is 0.269 e. The Bertz CT molecular complexity index is 376. The quantitative estimate of drug-likeness (QED) is 0.491. The van der Waals surface area contributed by atoms with Crippen molar-refractivity contribution in [3.63, 3.8) is 0 Å². The van der Waals surface area contributed by atoms with Gasteiger partial charge in [0.2, 0.25) is 0 Å². The predicted molar refractivity (Wildman–Crippen MR) is 70.8 cm³/mol. The lowest BCUT2D eigenvalue weighted by Gasteiger charge is -2.18. The zero-order chi connectivity index (χ0) is 13.5. The number of non-ortho nitro benzene ring substituents is 1. The van der Waals surface area contributed by atoms with Crippen molar-refractivity contribution in [2.24, 2.45) is 0 Å². The van der Waals surface area contributed by atoms with Crippen LogP contribution in [0.2, 0.25) is 0 Å². The van der Waals surface area contributed by atoms with E-state index in [4.69, 9.17) is 0 Å². The van der Waals surface area contributed by atoms with Gasteiger partial charge in [-0.2, -0.15) is 0 Å². The number of likely N-dealkylation sites (N-methyl/N-ethyl adjacent to an activating group) is 2. The number of rotatable bonds is 7. The molecule has 0 bridgehead atoms.